The quantitative estimate of drug-likeness (QED) is 0.717. The Bertz CT molecular complexity index is 724. The average molecular weight is 405 g/mol. The third-order valence-corrected chi connectivity index (χ3v) is 6.92. The summed E-state index contributed by atoms with van der Waals surface area (Å²) in [6.07, 6.45) is 3.27. The minimum Gasteiger partial charge on any atom is -0.444 e. The number of carbonyl (C=O) groups is 1. The average Bonchev–Trinajstić information content (AvgIpc) is 2.69. The van der Waals surface area contributed by atoms with E-state index < -0.39 is 18.8 Å². The van der Waals surface area contributed by atoms with Crippen LogP contribution in [0.4, 0.5) is 10.5 Å². The van der Waals surface area contributed by atoms with Crippen LogP contribution in [0.3, 0.4) is 0 Å². The van der Waals surface area contributed by atoms with Crippen LogP contribution >= 0.6 is 11.8 Å². The van der Waals surface area contributed by atoms with Gasteiger partial charge < -0.3 is 14.0 Å². The maximum Gasteiger partial charge on any atom is 0.495 e. The van der Waals surface area contributed by atoms with Crippen molar-refractivity contribution in [2.75, 3.05) is 5.32 Å². The second-order valence-electron chi connectivity index (χ2n) is 9.64. The van der Waals surface area contributed by atoms with Crippen LogP contribution in [0.15, 0.2) is 23.1 Å². The molecule has 7 heteroatoms. The van der Waals surface area contributed by atoms with Gasteiger partial charge in [-0.2, -0.15) is 0 Å². The summed E-state index contributed by atoms with van der Waals surface area (Å²) in [4.78, 5) is 13.2. The topological polar surface area (TPSA) is 56.8 Å². The first kappa shape index (κ1) is 21.5. The van der Waals surface area contributed by atoms with Crippen LogP contribution in [0.1, 0.15) is 67.7 Å². The second kappa shape index (κ2) is 7.58. The number of nitrogens with one attached hydrogen (secondary N) is 1. The van der Waals surface area contributed by atoms with E-state index in [9.17, 15) is 4.79 Å². The third-order valence-electron chi connectivity index (χ3n) is 5.51. The molecular formula is C21H32BNO4S. The number of ether oxygens (including phenoxy) is 1. The molecule has 1 N–H and O–H groups in total. The molecule has 154 valence electrons. The summed E-state index contributed by atoms with van der Waals surface area (Å²) in [5.74, 6) is 0. The SMILES string of the molecule is CC(C)(C)OC(=O)Nc1ccc(B2OC(C)(C)C(C)(C)O2)c(SC2CCC2)c1. The van der Waals surface area contributed by atoms with Gasteiger partial charge in [0.25, 0.3) is 0 Å². The van der Waals surface area contributed by atoms with Gasteiger partial charge in [0, 0.05) is 15.8 Å². The van der Waals surface area contributed by atoms with E-state index in [-0.39, 0.29) is 11.2 Å². The molecule has 2 aliphatic rings. The highest BCUT2D eigenvalue weighted by atomic mass is 32.2. The van der Waals surface area contributed by atoms with E-state index in [0.29, 0.717) is 5.25 Å². The van der Waals surface area contributed by atoms with Crippen molar-refractivity contribution < 1.29 is 18.8 Å². The predicted molar refractivity (Wildman–Crippen MR) is 116 cm³/mol. The van der Waals surface area contributed by atoms with Gasteiger partial charge in [-0.15, -0.1) is 11.8 Å². The molecule has 3 rings (SSSR count). The van der Waals surface area contributed by atoms with Crippen molar-refractivity contribution in [3.63, 3.8) is 0 Å². The molecule has 2 fully saturated rings. The first-order valence-corrected chi connectivity index (χ1v) is 10.9. The molecule has 0 aromatic heterocycles. The van der Waals surface area contributed by atoms with Gasteiger partial charge in [0.2, 0.25) is 0 Å². The number of anilines is 1. The van der Waals surface area contributed by atoms with Crippen LogP contribution in [-0.4, -0.2) is 35.3 Å². The lowest BCUT2D eigenvalue weighted by molar-refractivity contribution is 0.00578. The zero-order valence-electron chi connectivity index (χ0n) is 18.0. The van der Waals surface area contributed by atoms with Crippen molar-refractivity contribution in [3.8, 4) is 0 Å². The molecule has 0 radical (unpaired) electrons. The van der Waals surface area contributed by atoms with Gasteiger partial charge in [0.05, 0.1) is 11.2 Å². The van der Waals surface area contributed by atoms with Crippen molar-refractivity contribution in [1.82, 2.24) is 0 Å². The standard InChI is InChI=1S/C21H32BNO4S/c1-19(2,3)25-18(24)23-14-11-12-16(17(13-14)28-15-9-8-10-15)22-26-20(4,5)21(6,7)27-22/h11-13,15H,8-10H2,1-7H3,(H,23,24). The molecule has 28 heavy (non-hydrogen) atoms. The third kappa shape index (κ3) is 4.86. The Labute approximate surface area is 173 Å². The zero-order chi connectivity index (χ0) is 20.7. The molecule has 1 aromatic carbocycles. The lowest BCUT2D eigenvalue weighted by Gasteiger charge is -2.32. The van der Waals surface area contributed by atoms with Crippen LogP contribution in [-0.2, 0) is 14.0 Å². The highest BCUT2D eigenvalue weighted by Crippen LogP contribution is 2.40. The zero-order valence-corrected chi connectivity index (χ0v) is 18.9. The maximum absolute atomic E-state index is 12.2. The van der Waals surface area contributed by atoms with Gasteiger partial charge >= 0.3 is 13.2 Å². The lowest BCUT2D eigenvalue weighted by atomic mass is 9.79. The normalized spacial score (nSPS) is 21.3. The van der Waals surface area contributed by atoms with E-state index in [0.717, 1.165) is 16.0 Å². The Morgan fingerprint density at radius 3 is 2.29 bits per heavy atom. The Hall–Kier alpha value is -1.18. The highest BCUT2D eigenvalue weighted by molar-refractivity contribution is 8.00. The summed E-state index contributed by atoms with van der Waals surface area (Å²) in [6, 6.07) is 5.89. The predicted octanol–water partition coefficient (Wildman–Crippen LogP) is 4.98. The van der Waals surface area contributed by atoms with Crippen LogP contribution in [0.25, 0.3) is 0 Å². The number of hydrogen-bond acceptors (Lipinski definition) is 5. The number of amides is 1. The number of rotatable bonds is 4. The fraction of sp³-hybridized carbons (Fsp3) is 0.667. The highest BCUT2D eigenvalue weighted by Gasteiger charge is 2.52. The maximum atomic E-state index is 12.2. The Kier molecular flexibility index (Phi) is 5.83. The van der Waals surface area contributed by atoms with E-state index in [1.54, 1.807) is 0 Å². The van der Waals surface area contributed by atoms with Gasteiger partial charge in [-0.05, 0) is 78.9 Å². The summed E-state index contributed by atoms with van der Waals surface area (Å²) in [5, 5.41) is 3.45. The van der Waals surface area contributed by atoms with Crippen molar-refractivity contribution >= 4 is 36.1 Å². The fourth-order valence-corrected chi connectivity index (χ4v) is 4.39. The van der Waals surface area contributed by atoms with Crippen molar-refractivity contribution in [2.45, 2.75) is 94.7 Å². The Morgan fingerprint density at radius 2 is 1.79 bits per heavy atom. The van der Waals surface area contributed by atoms with E-state index in [4.69, 9.17) is 14.0 Å². The number of benzene rings is 1. The molecule has 0 spiro atoms. The van der Waals surface area contributed by atoms with E-state index in [1.807, 2.05) is 50.7 Å². The van der Waals surface area contributed by atoms with Crippen molar-refractivity contribution in [1.29, 1.82) is 0 Å². The Morgan fingerprint density at radius 1 is 1.18 bits per heavy atom. The van der Waals surface area contributed by atoms with Gasteiger partial charge in [0.1, 0.15) is 5.60 Å². The van der Waals surface area contributed by atoms with Crippen LogP contribution < -0.4 is 10.8 Å². The first-order chi connectivity index (χ1) is 12.9. The lowest BCUT2D eigenvalue weighted by Crippen LogP contribution is -2.41. The summed E-state index contributed by atoms with van der Waals surface area (Å²) < 4.78 is 17.9. The van der Waals surface area contributed by atoms with Crippen molar-refractivity contribution in [3.05, 3.63) is 18.2 Å². The minimum absolute atomic E-state index is 0.385. The second-order valence-corrected chi connectivity index (χ2v) is 11.0. The number of hydrogen-bond donors (Lipinski definition) is 1. The molecule has 1 saturated carbocycles. The summed E-state index contributed by atoms with van der Waals surface area (Å²) in [6.45, 7) is 13.8. The monoisotopic (exact) mass is 405 g/mol. The molecule has 1 saturated heterocycles. The van der Waals surface area contributed by atoms with E-state index in [2.05, 4.69) is 33.0 Å². The molecule has 1 amide bonds. The molecule has 0 atom stereocenters. The largest absolute Gasteiger partial charge is 0.495 e. The molecular weight excluding hydrogens is 373 g/mol. The number of thioether (sulfide) groups is 1. The summed E-state index contributed by atoms with van der Waals surface area (Å²) >= 11 is 1.85. The van der Waals surface area contributed by atoms with Gasteiger partial charge in [-0.3, -0.25) is 5.32 Å². The molecule has 0 unspecified atom stereocenters. The van der Waals surface area contributed by atoms with Crippen molar-refractivity contribution in [2.24, 2.45) is 0 Å². The van der Waals surface area contributed by atoms with E-state index in [1.165, 1.54) is 19.3 Å². The minimum atomic E-state index is -0.532. The molecule has 1 aliphatic heterocycles. The van der Waals surface area contributed by atoms with Crippen LogP contribution in [0.5, 0.6) is 0 Å². The molecule has 0 bridgehead atoms. The first-order valence-electron chi connectivity index (χ1n) is 10.0. The van der Waals surface area contributed by atoms with Crippen LogP contribution in [0, 0.1) is 0 Å². The van der Waals surface area contributed by atoms with E-state index >= 15 is 0 Å². The van der Waals surface area contributed by atoms with Gasteiger partial charge in [-0.1, -0.05) is 12.5 Å². The summed E-state index contributed by atoms with van der Waals surface area (Å²) in [5.41, 5.74) is 0.435. The molecule has 5 nitrogen and oxygen atoms in total. The number of carbonyl (C=O) groups excluding carboxylic acids is 1. The molecule has 1 heterocycles. The molecule has 1 aliphatic carbocycles. The molecule has 1 aromatic rings. The summed E-state index contributed by atoms with van der Waals surface area (Å²) in [7, 11) is -0.414. The fourth-order valence-electron chi connectivity index (χ4n) is 2.97. The smallest absolute Gasteiger partial charge is 0.444 e. The van der Waals surface area contributed by atoms with Gasteiger partial charge in [0.15, 0.2) is 0 Å². The van der Waals surface area contributed by atoms with Crippen LogP contribution in [0.2, 0.25) is 0 Å². The van der Waals surface area contributed by atoms with Gasteiger partial charge in [-0.25, -0.2) is 4.79 Å². The Balaban J connectivity index is 1.83.